The second-order valence-corrected chi connectivity index (χ2v) is 6.31. The molecule has 2 N–H and O–H groups in total. The number of hydrogen-bond acceptors (Lipinski definition) is 3. The molecule has 1 saturated carbocycles. The number of carboxylic acids is 1. The van der Waals surface area contributed by atoms with Crippen molar-refractivity contribution in [3.05, 3.63) is 28.2 Å². The maximum atomic E-state index is 12.4. The lowest BCUT2D eigenvalue weighted by molar-refractivity contribution is -0.142. The van der Waals surface area contributed by atoms with Crippen LogP contribution in [0.2, 0.25) is 0 Å². The van der Waals surface area contributed by atoms with Crippen LogP contribution in [0.3, 0.4) is 0 Å². The Morgan fingerprint density at radius 3 is 2.64 bits per heavy atom. The van der Waals surface area contributed by atoms with Crippen LogP contribution in [-0.4, -0.2) is 23.7 Å². The number of ether oxygens (including phenoxy) is 1. The van der Waals surface area contributed by atoms with Gasteiger partial charge in [-0.2, -0.15) is 8.78 Å². The average Bonchev–Trinajstić information content (AvgIpc) is 2.47. The first-order valence-corrected chi connectivity index (χ1v) is 7.94. The zero-order valence-electron chi connectivity index (χ0n) is 11.9. The zero-order chi connectivity index (χ0) is 16.1. The summed E-state index contributed by atoms with van der Waals surface area (Å²) in [6.07, 6.45) is 2.84. The molecule has 0 heterocycles. The van der Waals surface area contributed by atoms with Gasteiger partial charge in [-0.05, 0) is 43.9 Å². The van der Waals surface area contributed by atoms with E-state index in [-0.39, 0.29) is 17.7 Å². The Hall–Kier alpha value is -1.21. The van der Waals surface area contributed by atoms with Gasteiger partial charge in [0.1, 0.15) is 5.75 Å². The van der Waals surface area contributed by atoms with E-state index in [1.807, 2.05) is 0 Å². The van der Waals surface area contributed by atoms with Crippen molar-refractivity contribution < 1.29 is 23.4 Å². The van der Waals surface area contributed by atoms with Crippen LogP contribution >= 0.6 is 15.9 Å². The first-order valence-electron chi connectivity index (χ1n) is 7.15. The highest BCUT2D eigenvalue weighted by Crippen LogP contribution is 2.27. The summed E-state index contributed by atoms with van der Waals surface area (Å²) in [5, 5.41) is 12.3. The Morgan fingerprint density at radius 2 is 2.05 bits per heavy atom. The molecule has 1 aromatic rings. The summed E-state index contributed by atoms with van der Waals surface area (Å²) >= 11 is 3.32. The maximum Gasteiger partial charge on any atom is 0.387 e. The normalized spacial score (nSPS) is 21.8. The van der Waals surface area contributed by atoms with Crippen LogP contribution in [0.5, 0.6) is 5.75 Å². The number of aliphatic carboxylic acids is 1. The SMILES string of the molecule is O=C(O)C1CCC(NCc2cc(Br)ccc2OC(F)F)CC1. The van der Waals surface area contributed by atoms with Gasteiger partial charge in [0.2, 0.25) is 0 Å². The van der Waals surface area contributed by atoms with E-state index < -0.39 is 12.6 Å². The molecule has 0 radical (unpaired) electrons. The predicted molar refractivity (Wildman–Crippen MR) is 81.0 cm³/mol. The first-order chi connectivity index (χ1) is 10.5. The second-order valence-electron chi connectivity index (χ2n) is 5.40. The van der Waals surface area contributed by atoms with Gasteiger partial charge >= 0.3 is 12.6 Å². The van der Waals surface area contributed by atoms with E-state index in [1.54, 1.807) is 12.1 Å². The largest absolute Gasteiger partial charge is 0.481 e. The molecule has 4 nitrogen and oxygen atoms in total. The van der Waals surface area contributed by atoms with Crippen LogP contribution in [0.4, 0.5) is 8.78 Å². The smallest absolute Gasteiger partial charge is 0.387 e. The van der Waals surface area contributed by atoms with Crippen molar-refractivity contribution in [1.29, 1.82) is 0 Å². The van der Waals surface area contributed by atoms with Gasteiger partial charge in [-0.3, -0.25) is 4.79 Å². The van der Waals surface area contributed by atoms with Crippen molar-refractivity contribution in [1.82, 2.24) is 5.32 Å². The van der Waals surface area contributed by atoms with Gasteiger partial charge in [0.05, 0.1) is 5.92 Å². The summed E-state index contributed by atoms with van der Waals surface area (Å²) in [5.74, 6) is -0.843. The van der Waals surface area contributed by atoms with Crippen molar-refractivity contribution in [2.45, 2.75) is 44.9 Å². The molecule has 22 heavy (non-hydrogen) atoms. The van der Waals surface area contributed by atoms with Gasteiger partial charge < -0.3 is 15.2 Å². The molecule has 1 aromatic carbocycles. The first kappa shape index (κ1) is 17.1. The highest BCUT2D eigenvalue weighted by molar-refractivity contribution is 9.10. The Balaban J connectivity index is 1.91. The summed E-state index contributed by atoms with van der Waals surface area (Å²) in [6.45, 7) is -2.45. The molecule has 1 aliphatic rings. The van der Waals surface area contributed by atoms with Crippen LogP contribution < -0.4 is 10.1 Å². The number of nitrogens with one attached hydrogen (secondary N) is 1. The molecule has 0 saturated heterocycles. The molecule has 2 rings (SSSR count). The van der Waals surface area contributed by atoms with Crippen molar-refractivity contribution in [2.75, 3.05) is 0 Å². The van der Waals surface area contributed by atoms with Gasteiger partial charge in [-0.15, -0.1) is 0 Å². The number of halogens is 3. The number of hydrogen-bond donors (Lipinski definition) is 2. The average molecular weight is 378 g/mol. The fraction of sp³-hybridized carbons (Fsp3) is 0.533. The molecule has 7 heteroatoms. The number of rotatable bonds is 6. The monoisotopic (exact) mass is 377 g/mol. The third-order valence-electron chi connectivity index (χ3n) is 3.90. The molecular weight excluding hydrogens is 360 g/mol. The lowest BCUT2D eigenvalue weighted by Gasteiger charge is -2.27. The molecule has 0 aromatic heterocycles. The van der Waals surface area contributed by atoms with Gasteiger partial charge in [0.15, 0.2) is 0 Å². The summed E-state index contributed by atoms with van der Waals surface area (Å²) in [6, 6.07) is 5.11. The van der Waals surface area contributed by atoms with Crippen molar-refractivity contribution in [2.24, 2.45) is 5.92 Å². The van der Waals surface area contributed by atoms with Gasteiger partial charge in [-0.1, -0.05) is 15.9 Å². The lowest BCUT2D eigenvalue weighted by Crippen LogP contribution is -2.34. The molecule has 122 valence electrons. The third kappa shape index (κ3) is 4.91. The van der Waals surface area contributed by atoms with E-state index in [0.717, 1.165) is 17.3 Å². The fourth-order valence-electron chi connectivity index (χ4n) is 2.70. The number of carbonyl (C=O) groups is 1. The highest BCUT2D eigenvalue weighted by Gasteiger charge is 2.25. The Bertz CT molecular complexity index is 520. The molecule has 0 atom stereocenters. The topological polar surface area (TPSA) is 58.6 Å². The van der Waals surface area contributed by atoms with E-state index >= 15 is 0 Å². The number of carboxylic acid groups (broad SMARTS) is 1. The van der Waals surface area contributed by atoms with Crippen LogP contribution in [0, 0.1) is 5.92 Å². The van der Waals surface area contributed by atoms with Crippen LogP contribution in [0.25, 0.3) is 0 Å². The summed E-state index contributed by atoms with van der Waals surface area (Å²) in [4.78, 5) is 10.9. The van der Waals surface area contributed by atoms with E-state index in [9.17, 15) is 13.6 Å². The van der Waals surface area contributed by atoms with Crippen LogP contribution in [-0.2, 0) is 11.3 Å². The highest BCUT2D eigenvalue weighted by atomic mass is 79.9. The van der Waals surface area contributed by atoms with E-state index in [1.165, 1.54) is 6.07 Å². The zero-order valence-corrected chi connectivity index (χ0v) is 13.5. The second kappa shape index (κ2) is 7.87. The Labute approximate surface area is 136 Å². The maximum absolute atomic E-state index is 12.4. The predicted octanol–water partition coefficient (Wildman–Crippen LogP) is 3.78. The van der Waals surface area contributed by atoms with Crippen LogP contribution in [0.1, 0.15) is 31.2 Å². The summed E-state index contributed by atoms with van der Waals surface area (Å²) < 4.78 is 30.1. The van der Waals surface area contributed by atoms with Crippen LogP contribution in [0.15, 0.2) is 22.7 Å². The Morgan fingerprint density at radius 1 is 1.36 bits per heavy atom. The fourth-order valence-corrected chi connectivity index (χ4v) is 3.10. The van der Waals surface area contributed by atoms with E-state index in [2.05, 4.69) is 26.0 Å². The molecule has 0 amide bonds. The van der Waals surface area contributed by atoms with E-state index in [4.69, 9.17) is 5.11 Å². The van der Waals surface area contributed by atoms with Gasteiger partial charge in [-0.25, -0.2) is 0 Å². The van der Waals surface area contributed by atoms with Gasteiger partial charge in [0, 0.05) is 22.6 Å². The molecule has 0 aliphatic heterocycles. The lowest BCUT2D eigenvalue weighted by atomic mass is 9.86. The molecular formula is C15H18BrF2NO3. The van der Waals surface area contributed by atoms with Crippen molar-refractivity contribution >= 4 is 21.9 Å². The number of benzene rings is 1. The minimum absolute atomic E-state index is 0.157. The molecule has 1 aliphatic carbocycles. The van der Waals surface area contributed by atoms with Crippen molar-refractivity contribution in [3.8, 4) is 5.75 Å². The third-order valence-corrected chi connectivity index (χ3v) is 4.39. The minimum Gasteiger partial charge on any atom is -0.481 e. The summed E-state index contributed by atoms with van der Waals surface area (Å²) in [7, 11) is 0. The quantitative estimate of drug-likeness (QED) is 0.791. The van der Waals surface area contributed by atoms with Crippen molar-refractivity contribution in [3.63, 3.8) is 0 Å². The minimum atomic E-state index is -2.86. The molecule has 1 fully saturated rings. The standard InChI is InChI=1S/C15H18BrF2NO3/c16-11-3-6-13(22-15(17)18)10(7-11)8-19-12-4-1-9(2-5-12)14(20)21/h3,6-7,9,12,15,19H,1-2,4-5,8H2,(H,20,21). The van der Waals surface area contributed by atoms with E-state index in [0.29, 0.717) is 24.9 Å². The number of alkyl halides is 2. The Kier molecular flexibility index (Phi) is 6.14. The van der Waals surface area contributed by atoms with Gasteiger partial charge in [0.25, 0.3) is 0 Å². The molecule has 0 spiro atoms. The summed E-state index contributed by atoms with van der Waals surface area (Å²) in [5.41, 5.74) is 0.648. The molecule has 0 unspecified atom stereocenters. The molecule has 0 bridgehead atoms.